The predicted octanol–water partition coefficient (Wildman–Crippen LogP) is 1.96. The first kappa shape index (κ1) is 12.4. The molecule has 0 aliphatic heterocycles. The molecule has 0 amide bonds. The summed E-state index contributed by atoms with van der Waals surface area (Å²) in [5.41, 5.74) is 8.16. The van der Waals surface area contributed by atoms with Crippen LogP contribution in [0.3, 0.4) is 0 Å². The maximum absolute atomic E-state index is 5.74. The van der Waals surface area contributed by atoms with Crippen molar-refractivity contribution in [2.45, 2.75) is 31.7 Å². The van der Waals surface area contributed by atoms with Crippen LogP contribution in [0.25, 0.3) is 0 Å². The van der Waals surface area contributed by atoms with Crippen molar-refractivity contribution in [3.05, 3.63) is 52.8 Å². The molecule has 1 aliphatic carbocycles. The molecule has 100 valence electrons. The number of rotatable bonds is 4. The Hall–Kier alpha value is -1.65. The summed E-state index contributed by atoms with van der Waals surface area (Å²) in [6.45, 7) is 2.04. The van der Waals surface area contributed by atoms with Crippen molar-refractivity contribution in [1.29, 1.82) is 0 Å². The Bertz CT molecular complexity index is 588. The van der Waals surface area contributed by atoms with E-state index in [1.165, 1.54) is 16.7 Å². The highest BCUT2D eigenvalue weighted by molar-refractivity contribution is 5.40. The summed E-state index contributed by atoms with van der Waals surface area (Å²) >= 11 is 0. The second-order valence-corrected chi connectivity index (χ2v) is 5.40. The number of nitrogens with two attached hydrogens (primary N) is 1. The summed E-state index contributed by atoms with van der Waals surface area (Å²) in [4.78, 5) is 0. The van der Waals surface area contributed by atoms with Crippen LogP contribution >= 0.6 is 0 Å². The fraction of sp³-hybridized carbons (Fsp3) is 0.400. The Morgan fingerprint density at radius 1 is 1.47 bits per heavy atom. The maximum atomic E-state index is 5.74. The molecule has 0 fully saturated rings. The van der Waals surface area contributed by atoms with Gasteiger partial charge in [-0.2, -0.15) is 5.10 Å². The van der Waals surface area contributed by atoms with Crippen LogP contribution in [0.4, 0.5) is 0 Å². The van der Waals surface area contributed by atoms with Crippen LogP contribution in [0.5, 0.6) is 0 Å². The van der Waals surface area contributed by atoms with Crippen LogP contribution < -0.4 is 11.3 Å². The lowest BCUT2D eigenvalue weighted by Crippen LogP contribution is -2.31. The van der Waals surface area contributed by atoms with Gasteiger partial charge in [-0.05, 0) is 36.8 Å². The van der Waals surface area contributed by atoms with Crippen molar-refractivity contribution in [3.63, 3.8) is 0 Å². The van der Waals surface area contributed by atoms with E-state index in [0.29, 0.717) is 5.92 Å². The third-order valence-electron chi connectivity index (χ3n) is 4.11. The highest BCUT2D eigenvalue weighted by Crippen LogP contribution is 2.40. The number of benzene rings is 1. The minimum atomic E-state index is 0.173. The SMILES string of the molecule is Cc1nn(C)cc1C(CC1Cc2ccccc21)NN. The van der Waals surface area contributed by atoms with E-state index >= 15 is 0 Å². The molecule has 1 aromatic heterocycles. The van der Waals surface area contributed by atoms with Crippen molar-refractivity contribution in [1.82, 2.24) is 15.2 Å². The van der Waals surface area contributed by atoms with Gasteiger partial charge < -0.3 is 0 Å². The van der Waals surface area contributed by atoms with Crippen molar-refractivity contribution in [3.8, 4) is 0 Å². The number of hydrogen-bond donors (Lipinski definition) is 2. The Morgan fingerprint density at radius 3 is 2.89 bits per heavy atom. The molecule has 4 nitrogen and oxygen atoms in total. The van der Waals surface area contributed by atoms with Gasteiger partial charge in [0.05, 0.1) is 5.69 Å². The second kappa shape index (κ2) is 4.79. The maximum Gasteiger partial charge on any atom is 0.0641 e. The Balaban J connectivity index is 1.77. The minimum absolute atomic E-state index is 0.173. The fourth-order valence-corrected chi connectivity index (χ4v) is 3.10. The monoisotopic (exact) mass is 256 g/mol. The number of fused-ring (bicyclic) bond motifs is 1. The average Bonchev–Trinajstić information content (AvgIpc) is 2.70. The number of aromatic nitrogens is 2. The normalized spacial score (nSPS) is 18.8. The van der Waals surface area contributed by atoms with Crippen molar-refractivity contribution >= 4 is 0 Å². The average molecular weight is 256 g/mol. The van der Waals surface area contributed by atoms with Gasteiger partial charge in [-0.15, -0.1) is 0 Å². The zero-order valence-corrected chi connectivity index (χ0v) is 11.4. The smallest absolute Gasteiger partial charge is 0.0641 e. The molecular weight excluding hydrogens is 236 g/mol. The molecule has 0 bridgehead atoms. The Morgan fingerprint density at radius 2 is 2.26 bits per heavy atom. The Kier molecular flexibility index (Phi) is 3.12. The number of hydrazine groups is 1. The zero-order valence-electron chi connectivity index (χ0n) is 11.4. The van der Waals surface area contributed by atoms with Gasteiger partial charge in [0.1, 0.15) is 0 Å². The van der Waals surface area contributed by atoms with E-state index < -0.39 is 0 Å². The van der Waals surface area contributed by atoms with Crippen LogP contribution in [0.15, 0.2) is 30.5 Å². The van der Waals surface area contributed by atoms with E-state index in [0.717, 1.165) is 18.5 Å². The highest BCUT2D eigenvalue weighted by atomic mass is 15.3. The number of nitrogens with zero attached hydrogens (tertiary/aromatic N) is 2. The topological polar surface area (TPSA) is 55.9 Å². The van der Waals surface area contributed by atoms with E-state index in [4.69, 9.17) is 5.84 Å². The lowest BCUT2D eigenvalue weighted by molar-refractivity contribution is 0.434. The van der Waals surface area contributed by atoms with Crippen molar-refractivity contribution in [2.24, 2.45) is 12.9 Å². The van der Waals surface area contributed by atoms with E-state index in [9.17, 15) is 0 Å². The summed E-state index contributed by atoms with van der Waals surface area (Å²) in [6, 6.07) is 8.84. The molecular formula is C15H20N4. The van der Waals surface area contributed by atoms with Gasteiger partial charge in [0.2, 0.25) is 0 Å². The molecule has 0 saturated carbocycles. The molecule has 2 atom stereocenters. The zero-order chi connectivity index (χ0) is 13.4. The van der Waals surface area contributed by atoms with Crippen LogP contribution in [-0.2, 0) is 13.5 Å². The second-order valence-electron chi connectivity index (χ2n) is 5.40. The van der Waals surface area contributed by atoms with Crippen LogP contribution in [0.1, 0.15) is 40.8 Å². The lowest BCUT2D eigenvalue weighted by Gasteiger charge is -2.32. The number of hydrogen-bond acceptors (Lipinski definition) is 3. The third kappa shape index (κ3) is 2.17. The van der Waals surface area contributed by atoms with Crippen molar-refractivity contribution in [2.75, 3.05) is 0 Å². The number of aryl methyl sites for hydroxylation is 2. The molecule has 1 heterocycles. The number of nitrogens with one attached hydrogen (secondary N) is 1. The molecule has 3 rings (SSSR count). The first-order valence-electron chi connectivity index (χ1n) is 6.73. The first-order chi connectivity index (χ1) is 9.19. The van der Waals surface area contributed by atoms with Crippen LogP contribution in [0.2, 0.25) is 0 Å². The van der Waals surface area contributed by atoms with E-state index in [-0.39, 0.29) is 6.04 Å². The fourth-order valence-electron chi connectivity index (χ4n) is 3.10. The molecule has 0 radical (unpaired) electrons. The van der Waals surface area contributed by atoms with Crippen molar-refractivity contribution < 1.29 is 0 Å². The van der Waals surface area contributed by atoms with Crippen LogP contribution in [0, 0.1) is 6.92 Å². The quantitative estimate of drug-likeness (QED) is 0.649. The summed E-state index contributed by atoms with van der Waals surface area (Å²) in [6.07, 6.45) is 4.25. The standard InChI is InChI=1S/C15H20N4/c1-10-14(9-19(2)18-10)15(17-16)8-12-7-11-5-3-4-6-13(11)12/h3-6,9,12,15,17H,7-8,16H2,1-2H3. The molecule has 1 aliphatic rings. The molecule has 2 unspecified atom stereocenters. The molecule has 3 N–H and O–H groups in total. The van der Waals surface area contributed by atoms with Gasteiger partial charge in [-0.25, -0.2) is 0 Å². The van der Waals surface area contributed by atoms with E-state index in [1.54, 1.807) is 0 Å². The van der Waals surface area contributed by atoms with Gasteiger partial charge in [0.25, 0.3) is 0 Å². The molecule has 0 spiro atoms. The first-order valence-corrected chi connectivity index (χ1v) is 6.73. The largest absolute Gasteiger partial charge is 0.275 e. The Labute approximate surface area is 113 Å². The third-order valence-corrected chi connectivity index (χ3v) is 4.11. The van der Waals surface area contributed by atoms with Gasteiger partial charge >= 0.3 is 0 Å². The molecule has 4 heteroatoms. The predicted molar refractivity (Wildman–Crippen MR) is 75.5 cm³/mol. The molecule has 2 aromatic rings. The van der Waals surface area contributed by atoms with Gasteiger partial charge in [-0.1, -0.05) is 24.3 Å². The summed E-state index contributed by atoms with van der Waals surface area (Å²) in [5, 5.41) is 4.40. The summed E-state index contributed by atoms with van der Waals surface area (Å²) in [7, 11) is 1.95. The van der Waals surface area contributed by atoms with Gasteiger partial charge in [0.15, 0.2) is 0 Å². The van der Waals surface area contributed by atoms with Gasteiger partial charge in [-0.3, -0.25) is 16.0 Å². The summed E-state index contributed by atoms with van der Waals surface area (Å²) < 4.78 is 1.85. The van der Waals surface area contributed by atoms with E-state index in [1.807, 2.05) is 18.7 Å². The summed E-state index contributed by atoms with van der Waals surface area (Å²) in [5.74, 6) is 6.35. The highest BCUT2D eigenvalue weighted by Gasteiger charge is 2.29. The lowest BCUT2D eigenvalue weighted by atomic mass is 9.74. The van der Waals surface area contributed by atoms with Crippen LogP contribution in [-0.4, -0.2) is 9.78 Å². The minimum Gasteiger partial charge on any atom is -0.275 e. The van der Waals surface area contributed by atoms with Gasteiger partial charge in [0, 0.05) is 24.8 Å². The van der Waals surface area contributed by atoms with E-state index in [2.05, 4.69) is 41.0 Å². The molecule has 19 heavy (non-hydrogen) atoms. The molecule has 1 aromatic carbocycles. The molecule has 0 saturated heterocycles.